The number of hydrogen-bond donors (Lipinski definition) is 1. The van der Waals surface area contributed by atoms with E-state index in [1.54, 1.807) is 11.8 Å². The zero-order valence-electron chi connectivity index (χ0n) is 12.2. The number of nitrogens with one attached hydrogen (secondary N) is 1. The van der Waals surface area contributed by atoms with Gasteiger partial charge in [0.05, 0.1) is 6.04 Å². The molecule has 1 fully saturated rings. The summed E-state index contributed by atoms with van der Waals surface area (Å²) >= 11 is 1.75. The number of tetrazole rings is 1. The molecule has 0 aromatic carbocycles. The molecule has 0 bridgehead atoms. The Balaban J connectivity index is 1.59. The number of hydrogen-bond acceptors (Lipinski definition) is 5. The van der Waals surface area contributed by atoms with Gasteiger partial charge >= 0.3 is 0 Å². The molecule has 5 nitrogen and oxygen atoms in total. The second kappa shape index (κ2) is 7.24. The number of rotatable bonds is 9. The highest BCUT2D eigenvalue weighted by atomic mass is 32.2. The maximum absolute atomic E-state index is 4.09. The summed E-state index contributed by atoms with van der Waals surface area (Å²) in [5.74, 6) is 1.82. The van der Waals surface area contributed by atoms with E-state index in [-0.39, 0.29) is 0 Å². The third-order valence-corrected chi connectivity index (χ3v) is 4.29. The van der Waals surface area contributed by atoms with E-state index in [0.29, 0.717) is 12.1 Å². The first-order chi connectivity index (χ1) is 9.16. The molecule has 1 unspecified atom stereocenters. The van der Waals surface area contributed by atoms with Gasteiger partial charge in [-0.3, -0.25) is 0 Å². The van der Waals surface area contributed by atoms with Gasteiger partial charge in [0, 0.05) is 18.3 Å². The van der Waals surface area contributed by atoms with Crippen LogP contribution in [0, 0.1) is 5.92 Å². The third-order valence-electron chi connectivity index (χ3n) is 3.36. The maximum Gasteiger partial charge on any atom is 0.209 e. The molecule has 19 heavy (non-hydrogen) atoms. The van der Waals surface area contributed by atoms with Crippen molar-refractivity contribution < 1.29 is 0 Å². The molecule has 0 amide bonds. The third kappa shape index (κ3) is 5.10. The Kier molecular flexibility index (Phi) is 5.63. The Hall–Kier alpha value is -0.620. The van der Waals surface area contributed by atoms with Crippen molar-refractivity contribution in [1.29, 1.82) is 0 Å². The molecule has 2 rings (SSSR count). The van der Waals surface area contributed by atoms with Crippen LogP contribution in [-0.2, 0) is 0 Å². The molecular weight excluding hydrogens is 258 g/mol. The Labute approximate surface area is 119 Å². The summed E-state index contributed by atoms with van der Waals surface area (Å²) in [6.45, 7) is 7.84. The lowest BCUT2D eigenvalue weighted by molar-refractivity contribution is 0.460. The van der Waals surface area contributed by atoms with Crippen LogP contribution in [0.15, 0.2) is 5.16 Å². The summed E-state index contributed by atoms with van der Waals surface area (Å²) in [6.07, 6.45) is 5.00. The quantitative estimate of drug-likeness (QED) is 0.557. The second-order valence-electron chi connectivity index (χ2n) is 5.81. The maximum atomic E-state index is 4.09. The van der Waals surface area contributed by atoms with Gasteiger partial charge in [-0.25, -0.2) is 4.68 Å². The monoisotopic (exact) mass is 283 g/mol. The minimum absolute atomic E-state index is 0.565. The Morgan fingerprint density at radius 2 is 2.11 bits per heavy atom. The summed E-state index contributed by atoms with van der Waals surface area (Å²) in [7, 11) is 0. The summed E-state index contributed by atoms with van der Waals surface area (Å²) in [6, 6.07) is 1.16. The first kappa shape index (κ1) is 14.8. The summed E-state index contributed by atoms with van der Waals surface area (Å²) in [5, 5.41) is 16.5. The lowest BCUT2D eigenvalue weighted by Gasteiger charge is -2.14. The van der Waals surface area contributed by atoms with Gasteiger partial charge in [0.1, 0.15) is 0 Å². The largest absolute Gasteiger partial charge is 0.313 e. The number of nitrogens with zero attached hydrogens (tertiary/aromatic N) is 4. The highest BCUT2D eigenvalue weighted by Crippen LogP contribution is 2.36. The SMILES string of the molecule is CC(C)CCC(C)NCCSc1nnnn1C1CC1. The Morgan fingerprint density at radius 1 is 1.32 bits per heavy atom. The number of aromatic nitrogens is 4. The van der Waals surface area contributed by atoms with Crippen LogP contribution in [0.2, 0.25) is 0 Å². The molecule has 1 aliphatic carbocycles. The fourth-order valence-electron chi connectivity index (χ4n) is 1.96. The molecule has 0 spiro atoms. The molecule has 1 aliphatic rings. The van der Waals surface area contributed by atoms with Crippen molar-refractivity contribution in [2.45, 2.75) is 63.7 Å². The summed E-state index contributed by atoms with van der Waals surface area (Å²) in [4.78, 5) is 0. The minimum atomic E-state index is 0.565. The second-order valence-corrected chi connectivity index (χ2v) is 6.87. The van der Waals surface area contributed by atoms with Gasteiger partial charge in [0.15, 0.2) is 0 Å². The van der Waals surface area contributed by atoms with E-state index in [9.17, 15) is 0 Å². The molecule has 108 valence electrons. The Bertz CT molecular complexity index is 375. The molecular formula is C13H25N5S. The summed E-state index contributed by atoms with van der Waals surface area (Å²) < 4.78 is 1.98. The lowest BCUT2D eigenvalue weighted by atomic mass is 10.0. The van der Waals surface area contributed by atoms with Crippen LogP contribution in [0.3, 0.4) is 0 Å². The van der Waals surface area contributed by atoms with Crippen LogP contribution in [0.5, 0.6) is 0 Å². The lowest BCUT2D eigenvalue weighted by Crippen LogP contribution is -2.28. The van der Waals surface area contributed by atoms with Gasteiger partial charge in [-0.05, 0) is 49.0 Å². The molecule has 1 N–H and O–H groups in total. The molecule has 0 aliphatic heterocycles. The van der Waals surface area contributed by atoms with Crippen molar-refractivity contribution in [2.24, 2.45) is 5.92 Å². The highest BCUT2D eigenvalue weighted by molar-refractivity contribution is 7.99. The molecule has 1 aromatic heterocycles. The van der Waals surface area contributed by atoms with Gasteiger partial charge in [0.25, 0.3) is 0 Å². The predicted octanol–water partition coefficient (Wildman–Crippen LogP) is 2.51. The molecule has 0 radical (unpaired) electrons. The standard InChI is InChI=1S/C13H25N5S/c1-10(2)4-5-11(3)14-8-9-19-13-15-16-17-18(13)12-6-7-12/h10-12,14H,4-9H2,1-3H3. The molecule has 1 aromatic rings. The van der Waals surface area contributed by atoms with Crippen molar-refractivity contribution in [3.63, 3.8) is 0 Å². The van der Waals surface area contributed by atoms with E-state index in [1.165, 1.54) is 25.7 Å². The van der Waals surface area contributed by atoms with Crippen LogP contribution < -0.4 is 5.32 Å². The van der Waals surface area contributed by atoms with Crippen molar-refractivity contribution in [1.82, 2.24) is 25.5 Å². The van der Waals surface area contributed by atoms with Gasteiger partial charge in [-0.1, -0.05) is 25.6 Å². The number of thioether (sulfide) groups is 1. The van der Waals surface area contributed by atoms with Crippen molar-refractivity contribution >= 4 is 11.8 Å². The molecule has 0 saturated heterocycles. The van der Waals surface area contributed by atoms with E-state index in [2.05, 4.69) is 41.6 Å². The van der Waals surface area contributed by atoms with Crippen LogP contribution in [-0.4, -0.2) is 38.5 Å². The van der Waals surface area contributed by atoms with Crippen LogP contribution in [0.1, 0.15) is 52.5 Å². The average molecular weight is 283 g/mol. The van der Waals surface area contributed by atoms with E-state index < -0.39 is 0 Å². The van der Waals surface area contributed by atoms with E-state index in [1.807, 2.05) is 4.68 Å². The molecule has 1 atom stereocenters. The van der Waals surface area contributed by atoms with Gasteiger partial charge < -0.3 is 5.32 Å². The predicted molar refractivity (Wildman–Crippen MR) is 78.3 cm³/mol. The molecule has 6 heteroatoms. The first-order valence-corrected chi connectivity index (χ1v) is 8.29. The van der Waals surface area contributed by atoms with Crippen LogP contribution in [0.4, 0.5) is 0 Å². The van der Waals surface area contributed by atoms with Crippen molar-refractivity contribution in [2.75, 3.05) is 12.3 Å². The Morgan fingerprint density at radius 3 is 2.79 bits per heavy atom. The normalized spacial score (nSPS) is 17.1. The van der Waals surface area contributed by atoms with Crippen molar-refractivity contribution in [3.05, 3.63) is 0 Å². The zero-order chi connectivity index (χ0) is 13.7. The van der Waals surface area contributed by atoms with Gasteiger partial charge in [0.2, 0.25) is 5.16 Å². The fourth-order valence-corrected chi connectivity index (χ4v) is 2.78. The van der Waals surface area contributed by atoms with E-state index >= 15 is 0 Å². The van der Waals surface area contributed by atoms with Crippen LogP contribution in [0.25, 0.3) is 0 Å². The van der Waals surface area contributed by atoms with Gasteiger partial charge in [-0.15, -0.1) is 5.10 Å². The molecule has 1 saturated carbocycles. The molecule has 1 heterocycles. The highest BCUT2D eigenvalue weighted by Gasteiger charge is 2.27. The zero-order valence-corrected chi connectivity index (χ0v) is 13.0. The first-order valence-electron chi connectivity index (χ1n) is 7.31. The minimum Gasteiger partial charge on any atom is -0.313 e. The summed E-state index contributed by atoms with van der Waals surface area (Å²) in [5.41, 5.74) is 0. The van der Waals surface area contributed by atoms with Crippen molar-refractivity contribution in [3.8, 4) is 0 Å². The average Bonchev–Trinajstić information content (AvgIpc) is 3.12. The fraction of sp³-hybridized carbons (Fsp3) is 0.923. The topological polar surface area (TPSA) is 55.6 Å². The van der Waals surface area contributed by atoms with Crippen LogP contribution >= 0.6 is 11.8 Å². The van der Waals surface area contributed by atoms with E-state index in [0.717, 1.165) is 23.4 Å². The van der Waals surface area contributed by atoms with E-state index in [4.69, 9.17) is 0 Å². The smallest absolute Gasteiger partial charge is 0.209 e. The van der Waals surface area contributed by atoms with Gasteiger partial charge in [-0.2, -0.15) is 0 Å².